The van der Waals surface area contributed by atoms with Gasteiger partial charge in [0, 0.05) is 12.6 Å². The van der Waals surface area contributed by atoms with Crippen LogP contribution in [0.5, 0.6) is 0 Å². The molecule has 0 heterocycles. The maximum Gasteiger partial charge on any atom is 0.221 e. The molecule has 0 aliphatic heterocycles. The predicted molar refractivity (Wildman–Crippen MR) is 80.7 cm³/mol. The fourth-order valence-corrected chi connectivity index (χ4v) is 3.08. The predicted octanol–water partition coefficient (Wildman–Crippen LogP) is 4.43. The number of anilines is 1. The molecule has 2 heteroatoms. The Hall–Kier alpha value is -1.31. The van der Waals surface area contributed by atoms with Gasteiger partial charge in [0.15, 0.2) is 0 Å². The number of benzene rings is 1. The van der Waals surface area contributed by atoms with Crippen LogP contribution in [-0.2, 0) is 17.6 Å². The quantitative estimate of drug-likeness (QED) is 0.832. The number of amides is 1. The first-order chi connectivity index (χ1) is 9.13. The van der Waals surface area contributed by atoms with Crippen molar-refractivity contribution >= 4 is 11.6 Å². The number of unbranched alkanes of at least 4 members (excludes halogenated alkanes) is 1. The first-order valence-electron chi connectivity index (χ1n) is 7.55. The zero-order chi connectivity index (χ0) is 13.8. The van der Waals surface area contributed by atoms with Gasteiger partial charge >= 0.3 is 0 Å². The number of carbonyl (C=O) groups excluding carboxylic acids is 1. The van der Waals surface area contributed by atoms with E-state index in [0.717, 1.165) is 18.5 Å². The van der Waals surface area contributed by atoms with Crippen LogP contribution in [0.25, 0.3) is 0 Å². The molecule has 1 atom stereocenters. The molecule has 0 aromatic heterocycles. The third-order valence-electron chi connectivity index (χ3n) is 4.14. The summed E-state index contributed by atoms with van der Waals surface area (Å²) in [6.07, 6.45) is 7.16. The van der Waals surface area contributed by atoms with Gasteiger partial charge in [0.05, 0.1) is 0 Å². The van der Waals surface area contributed by atoms with Crippen molar-refractivity contribution in [1.29, 1.82) is 0 Å². The van der Waals surface area contributed by atoms with Gasteiger partial charge in [-0.15, -0.1) is 0 Å². The number of aryl methyl sites for hydroxylation is 1. The first kappa shape index (κ1) is 14.1. The Morgan fingerprint density at radius 2 is 2.16 bits per heavy atom. The highest BCUT2D eigenvalue weighted by atomic mass is 16.1. The van der Waals surface area contributed by atoms with Crippen molar-refractivity contribution in [3.63, 3.8) is 0 Å². The summed E-state index contributed by atoms with van der Waals surface area (Å²) >= 11 is 0. The van der Waals surface area contributed by atoms with Gasteiger partial charge in [-0.1, -0.05) is 38.8 Å². The molecule has 0 spiro atoms. The minimum Gasteiger partial charge on any atom is -0.326 e. The Bertz CT molecular complexity index is 465. The molecular weight excluding hydrogens is 234 g/mol. The van der Waals surface area contributed by atoms with E-state index in [1.54, 1.807) is 6.92 Å². The maximum absolute atomic E-state index is 11.5. The summed E-state index contributed by atoms with van der Waals surface area (Å²) in [5, 5.41) is 3.09. The number of nitrogens with one attached hydrogen (secondary N) is 1. The molecule has 1 amide bonds. The van der Waals surface area contributed by atoms with E-state index < -0.39 is 0 Å². The van der Waals surface area contributed by atoms with Crippen LogP contribution in [0.3, 0.4) is 0 Å². The van der Waals surface area contributed by atoms with E-state index in [-0.39, 0.29) is 5.91 Å². The molecule has 1 aliphatic carbocycles. The second-order valence-corrected chi connectivity index (χ2v) is 5.75. The molecule has 2 rings (SSSR count). The van der Waals surface area contributed by atoms with Gasteiger partial charge in [-0.2, -0.15) is 0 Å². The number of hydrogen-bond donors (Lipinski definition) is 1. The van der Waals surface area contributed by atoms with Crippen LogP contribution < -0.4 is 5.32 Å². The van der Waals surface area contributed by atoms with Crippen molar-refractivity contribution in [2.24, 2.45) is 0 Å². The maximum atomic E-state index is 11.5. The van der Waals surface area contributed by atoms with Gasteiger partial charge < -0.3 is 5.32 Å². The highest BCUT2D eigenvalue weighted by molar-refractivity contribution is 5.91. The van der Waals surface area contributed by atoms with Crippen molar-refractivity contribution in [2.75, 3.05) is 5.32 Å². The zero-order valence-electron chi connectivity index (χ0n) is 12.4. The molecule has 0 radical (unpaired) electrons. The second-order valence-electron chi connectivity index (χ2n) is 5.75. The fraction of sp³-hybridized carbons (Fsp3) is 0.588. The normalized spacial score (nSPS) is 15.1. The van der Waals surface area contributed by atoms with Gasteiger partial charge in [0.2, 0.25) is 5.91 Å². The van der Waals surface area contributed by atoms with Crippen LogP contribution in [0, 0.1) is 0 Å². The first-order valence-corrected chi connectivity index (χ1v) is 7.55. The Balaban J connectivity index is 2.34. The summed E-state index contributed by atoms with van der Waals surface area (Å²) in [4.78, 5) is 11.5. The monoisotopic (exact) mass is 259 g/mol. The lowest BCUT2D eigenvalue weighted by Crippen LogP contribution is -2.12. The topological polar surface area (TPSA) is 29.1 Å². The number of fused-ring (bicyclic) bond motifs is 1. The summed E-state index contributed by atoms with van der Waals surface area (Å²) in [5.74, 6) is 0.567. The molecule has 1 aromatic rings. The summed E-state index contributed by atoms with van der Waals surface area (Å²) < 4.78 is 0. The number of hydrogen-bond acceptors (Lipinski definition) is 1. The Morgan fingerprint density at radius 3 is 2.84 bits per heavy atom. The largest absolute Gasteiger partial charge is 0.326 e. The minimum atomic E-state index is 0.0456. The van der Waals surface area contributed by atoms with Crippen molar-refractivity contribution in [3.05, 3.63) is 28.8 Å². The SMILES string of the molecule is CCCC[C@@H](C)c1ccc2c(c1NC(C)=O)CCC2. The molecule has 2 nitrogen and oxygen atoms in total. The average Bonchev–Trinajstić information content (AvgIpc) is 2.84. The lowest BCUT2D eigenvalue weighted by molar-refractivity contribution is -0.114. The Kier molecular flexibility index (Phi) is 4.62. The van der Waals surface area contributed by atoms with Crippen LogP contribution in [-0.4, -0.2) is 5.91 Å². The highest BCUT2D eigenvalue weighted by Gasteiger charge is 2.20. The van der Waals surface area contributed by atoms with E-state index in [9.17, 15) is 4.79 Å². The average molecular weight is 259 g/mol. The fourth-order valence-electron chi connectivity index (χ4n) is 3.08. The van der Waals surface area contributed by atoms with E-state index in [0.29, 0.717) is 5.92 Å². The van der Waals surface area contributed by atoms with Crippen LogP contribution in [0.2, 0.25) is 0 Å². The molecule has 0 saturated heterocycles. The lowest BCUT2D eigenvalue weighted by atomic mass is 9.90. The van der Waals surface area contributed by atoms with Crippen molar-refractivity contribution in [1.82, 2.24) is 0 Å². The van der Waals surface area contributed by atoms with Crippen LogP contribution >= 0.6 is 0 Å². The standard InChI is InChI=1S/C17H25NO/c1-4-5-7-12(2)15-11-10-14-8-6-9-16(14)17(15)18-13(3)19/h10-12H,4-9H2,1-3H3,(H,18,19)/t12-/m1/s1. The second kappa shape index (κ2) is 6.23. The van der Waals surface area contributed by atoms with Crippen molar-refractivity contribution in [2.45, 2.75) is 65.2 Å². The van der Waals surface area contributed by atoms with E-state index in [1.807, 2.05) is 0 Å². The van der Waals surface area contributed by atoms with Gasteiger partial charge in [0.1, 0.15) is 0 Å². The molecule has 104 valence electrons. The van der Waals surface area contributed by atoms with E-state index >= 15 is 0 Å². The molecule has 0 saturated carbocycles. The van der Waals surface area contributed by atoms with Crippen LogP contribution in [0.1, 0.15) is 69.1 Å². The van der Waals surface area contributed by atoms with Crippen LogP contribution in [0.15, 0.2) is 12.1 Å². The zero-order valence-corrected chi connectivity index (χ0v) is 12.4. The van der Waals surface area contributed by atoms with Gasteiger partial charge in [0.25, 0.3) is 0 Å². The third-order valence-corrected chi connectivity index (χ3v) is 4.14. The van der Waals surface area contributed by atoms with Gasteiger partial charge in [-0.3, -0.25) is 4.79 Å². The number of rotatable bonds is 5. The summed E-state index contributed by atoms with van der Waals surface area (Å²) in [6.45, 7) is 6.11. The summed E-state index contributed by atoms with van der Waals surface area (Å²) in [7, 11) is 0. The molecule has 1 aliphatic rings. The third kappa shape index (κ3) is 3.17. The minimum absolute atomic E-state index is 0.0456. The number of carbonyl (C=O) groups is 1. The van der Waals surface area contributed by atoms with Crippen LogP contribution in [0.4, 0.5) is 5.69 Å². The van der Waals surface area contributed by atoms with Crippen molar-refractivity contribution < 1.29 is 4.79 Å². The van der Waals surface area contributed by atoms with Gasteiger partial charge in [-0.05, 0) is 48.3 Å². The Labute approximate surface area is 116 Å². The molecule has 0 unspecified atom stereocenters. The molecule has 1 N–H and O–H groups in total. The van der Waals surface area contributed by atoms with E-state index in [1.165, 1.54) is 42.4 Å². The smallest absolute Gasteiger partial charge is 0.221 e. The summed E-state index contributed by atoms with van der Waals surface area (Å²) in [6, 6.07) is 4.50. The van der Waals surface area contributed by atoms with E-state index in [4.69, 9.17) is 0 Å². The molecule has 0 bridgehead atoms. The molecule has 1 aromatic carbocycles. The molecular formula is C17H25NO. The lowest BCUT2D eigenvalue weighted by Gasteiger charge is -2.20. The Morgan fingerprint density at radius 1 is 1.37 bits per heavy atom. The highest BCUT2D eigenvalue weighted by Crippen LogP contribution is 2.37. The van der Waals surface area contributed by atoms with Gasteiger partial charge in [-0.25, -0.2) is 0 Å². The van der Waals surface area contributed by atoms with E-state index in [2.05, 4.69) is 31.3 Å². The van der Waals surface area contributed by atoms with Crippen molar-refractivity contribution in [3.8, 4) is 0 Å². The molecule has 19 heavy (non-hydrogen) atoms. The summed E-state index contributed by atoms with van der Waals surface area (Å²) in [5.41, 5.74) is 5.25. The molecule has 0 fully saturated rings.